The van der Waals surface area contributed by atoms with Crippen molar-refractivity contribution >= 4 is 71.7 Å². The summed E-state index contributed by atoms with van der Waals surface area (Å²) < 4.78 is 13.2. The zero-order chi connectivity index (χ0) is 38.5. The van der Waals surface area contributed by atoms with Gasteiger partial charge in [-0.3, -0.25) is 0 Å². The third kappa shape index (κ3) is 4.74. The fourth-order valence-corrected chi connectivity index (χ4v) is 9.71. The standard InChI is InChI=1S/C55H37NO2/c1-55(2)46-19-7-5-14-44(46)51-39(16-9-20-47(51)55)35-24-29-37(30-25-35)56(48-21-10-18-42-43-33-28-34-12-3-4-13-41(34)53(43)58-54(42)48)38-31-26-36(27-32-38)40-17-11-23-50-52(40)45-15-6-8-22-49(45)57-50/h3-33H,1-2H3. The summed E-state index contributed by atoms with van der Waals surface area (Å²) in [4.78, 5) is 2.34. The van der Waals surface area contributed by atoms with Gasteiger partial charge in [-0.1, -0.05) is 153 Å². The maximum Gasteiger partial charge on any atom is 0.159 e. The number of anilines is 3. The second-order valence-corrected chi connectivity index (χ2v) is 16.0. The Morgan fingerprint density at radius 2 is 0.983 bits per heavy atom. The van der Waals surface area contributed by atoms with Gasteiger partial charge in [-0.2, -0.15) is 0 Å². The molecule has 0 atom stereocenters. The molecule has 58 heavy (non-hydrogen) atoms. The van der Waals surface area contributed by atoms with Gasteiger partial charge in [0.15, 0.2) is 5.58 Å². The molecule has 0 unspecified atom stereocenters. The van der Waals surface area contributed by atoms with Crippen LogP contribution in [0.1, 0.15) is 25.0 Å². The lowest BCUT2D eigenvalue weighted by molar-refractivity contribution is 0.660. The maximum absolute atomic E-state index is 6.94. The van der Waals surface area contributed by atoms with Crippen molar-refractivity contribution in [3.63, 3.8) is 0 Å². The molecule has 0 N–H and O–H groups in total. The molecule has 0 bridgehead atoms. The SMILES string of the molecule is CC1(C)c2ccccc2-c2c(-c3ccc(N(c4ccc(-c5cccc6oc7ccccc7c56)cc4)c4cccc5c4oc4c6ccccc6ccc54)cc3)cccc21. The largest absolute Gasteiger partial charge is 0.456 e. The molecule has 0 saturated heterocycles. The average Bonchev–Trinajstić information content (AvgIpc) is 3.93. The molecule has 12 rings (SSSR count). The minimum atomic E-state index is -0.0579. The van der Waals surface area contributed by atoms with Gasteiger partial charge in [0.05, 0.1) is 5.69 Å². The molecule has 274 valence electrons. The Bertz CT molecular complexity index is 3420. The fraction of sp³-hybridized carbons (Fsp3) is 0.0545. The van der Waals surface area contributed by atoms with Crippen LogP contribution >= 0.6 is 0 Å². The summed E-state index contributed by atoms with van der Waals surface area (Å²) in [6.07, 6.45) is 0. The van der Waals surface area contributed by atoms with Crippen LogP contribution in [-0.2, 0) is 5.41 Å². The molecule has 3 nitrogen and oxygen atoms in total. The van der Waals surface area contributed by atoms with E-state index in [1.807, 2.05) is 12.1 Å². The number of para-hydroxylation sites is 2. The predicted molar refractivity (Wildman–Crippen MR) is 242 cm³/mol. The molecule has 11 aromatic rings. The molecular weight excluding hydrogens is 707 g/mol. The monoisotopic (exact) mass is 743 g/mol. The van der Waals surface area contributed by atoms with E-state index in [-0.39, 0.29) is 5.41 Å². The van der Waals surface area contributed by atoms with Gasteiger partial charge in [-0.05, 0) is 98.4 Å². The number of furan rings is 2. The highest BCUT2D eigenvalue weighted by atomic mass is 16.3. The van der Waals surface area contributed by atoms with Crippen molar-refractivity contribution < 1.29 is 8.83 Å². The van der Waals surface area contributed by atoms with E-state index >= 15 is 0 Å². The van der Waals surface area contributed by atoms with Crippen LogP contribution in [0.25, 0.3) is 88.0 Å². The third-order valence-electron chi connectivity index (χ3n) is 12.5. The van der Waals surface area contributed by atoms with Crippen molar-refractivity contribution in [1.82, 2.24) is 0 Å². The van der Waals surface area contributed by atoms with Gasteiger partial charge in [0, 0.05) is 43.7 Å². The first-order valence-electron chi connectivity index (χ1n) is 20.0. The van der Waals surface area contributed by atoms with E-state index < -0.39 is 0 Å². The van der Waals surface area contributed by atoms with Crippen LogP contribution in [0, 0.1) is 0 Å². The molecule has 2 aromatic heterocycles. The molecule has 1 aliphatic carbocycles. The smallest absolute Gasteiger partial charge is 0.159 e. The van der Waals surface area contributed by atoms with Crippen LogP contribution in [0.2, 0.25) is 0 Å². The molecule has 0 saturated carbocycles. The maximum atomic E-state index is 6.94. The summed E-state index contributed by atoms with van der Waals surface area (Å²) in [5.41, 5.74) is 16.7. The van der Waals surface area contributed by atoms with Gasteiger partial charge in [-0.15, -0.1) is 0 Å². The predicted octanol–water partition coefficient (Wildman–Crippen LogP) is 15.7. The minimum Gasteiger partial charge on any atom is -0.456 e. The first-order chi connectivity index (χ1) is 28.5. The summed E-state index contributed by atoms with van der Waals surface area (Å²) in [6, 6.07) is 67.6. The lowest BCUT2D eigenvalue weighted by Gasteiger charge is -2.26. The van der Waals surface area contributed by atoms with Crippen molar-refractivity contribution in [1.29, 1.82) is 0 Å². The van der Waals surface area contributed by atoms with Gasteiger partial charge in [0.25, 0.3) is 0 Å². The van der Waals surface area contributed by atoms with Crippen LogP contribution in [0.5, 0.6) is 0 Å². The zero-order valence-corrected chi connectivity index (χ0v) is 32.2. The number of fused-ring (bicyclic) bond motifs is 11. The molecule has 0 fully saturated rings. The number of nitrogens with zero attached hydrogens (tertiary/aromatic N) is 1. The van der Waals surface area contributed by atoms with Gasteiger partial charge >= 0.3 is 0 Å². The Balaban J connectivity index is 1.03. The van der Waals surface area contributed by atoms with Gasteiger partial charge in [-0.25, -0.2) is 0 Å². The van der Waals surface area contributed by atoms with Crippen molar-refractivity contribution in [2.45, 2.75) is 19.3 Å². The quantitative estimate of drug-likeness (QED) is 0.176. The van der Waals surface area contributed by atoms with Gasteiger partial charge in [0.1, 0.15) is 16.7 Å². The van der Waals surface area contributed by atoms with Crippen LogP contribution in [-0.4, -0.2) is 0 Å². The van der Waals surface area contributed by atoms with E-state index in [1.54, 1.807) is 0 Å². The molecule has 0 radical (unpaired) electrons. The second-order valence-electron chi connectivity index (χ2n) is 16.0. The second kappa shape index (κ2) is 12.3. The highest BCUT2D eigenvalue weighted by molar-refractivity contribution is 6.18. The average molecular weight is 744 g/mol. The lowest BCUT2D eigenvalue weighted by Crippen LogP contribution is -2.14. The molecule has 0 aliphatic heterocycles. The number of benzene rings is 9. The van der Waals surface area contributed by atoms with E-state index in [4.69, 9.17) is 8.83 Å². The lowest BCUT2D eigenvalue weighted by atomic mass is 9.82. The Hall–Kier alpha value is -7.36. The summed E-state index contributed by atoms with van der Waals surface area (Å²) >= 11 is 0. The number of rotatable bonds is 5. The van der Waals surface area contributed by atoms with Gasteiger partial charge in [0.2, 0.25) is 0 Å². The number of hydrogen-bond acceptors (Lipinski definition) is 3. The van der Waals surface area contributed by atoms with Crippen LogP contribution in [0.4, 0.5) is 17.1 Å². The van der Waals surface area contributed by atoms with Crippen molar-refractivity contribution in [2.24, 2.45) is 0 Å². The van der Waals surface area contributed by atoms with E-state index in [2.05, 4.69) is 195 Å². The molecule has 0 spiro atoms. The first kappa shape index (κ1) is 32.8. The van der Waals surface area contributed by atoms with E-state index in [9.17, 15) is 0 Å². The van der Waals surface area contributed by atoms with Crippen molar-refractivity contribution in [3.8, 4) is 33.4 Å². The zero-order valence-electron chi connectivity index (χ0n) is 32.2. The topological polar surface area (TPSA) is 29.5 Å². The summed E-state index contributed by atoms with van der Waals surface area (Å²) in [5.74, 6) is 0. The summed E-state index contributed by atoms with van der Waals surface area (Å²) in [6.45, 7) is 4.68. The first-order valence-corrected chi connectivity index (χ1v) is 20.0. The fourth-order valence-electron chi connectivity index (χ4n) is 9.71. The third-order valence-corrected chi connectivity index (χ3v) is 12.5. The Labute approximate surface area is 336 Å². The Kier molecular flexibility index (Phi) is 6.98. The van der Waals surface area contributed by atoms with Crippen molar-refractivity contribution in [3.05, 3.63) is 199 Å². The molecule has 0 amide bonds. The van der Waals surface area contributed by atoms with E-state index in [1.165, 1.54) is 33.4 Å². The van der Waals surface area contributed by atoms with Crippen molar-refractivity contribution in [2.75, 3.05) is 4.90 Å². The van der Waals surface area contributed by atoms with Crippen LogP contribution in [0.15, 0.2) is 197 Å². The number of hydrogen-bond donors (Lipinski definition) is 0. The molecule has 3 heteroatoms. The highest BCUT2D eigenvalue weighted by Gasteiger charge is 2.36. The highest BCUT2D eigenvalue weighted by Crippen LogP contribution is 2.52. The van der Waals surface area contributed by atoms with Gasteiger partial charge < -0.3 is 13.7 Å². The summed E-state index contributed by atoms with van der Waals surface area (Å²) in [7, 11) is 0. The van der Waals surface area contributed by atoms with E-state index in [0.29, 0.717) is 0 Å². The molecule has 9 aromatic carbocycles. The van der Waals surface area contributed by atoms with Crippen LogP contribution < -0.4 is 4.90 Å². The molecule has 1 aliphatic rings. The van der Waals surface area contributed by atoms with Crippen LogP contribution in [0.3, 0.4) is 0 Å². The van der Waals surface area contributed by atoms with E-state index in [0.717, 1.165) is 82.8 Å². The molecule has 2 heterocycles. The summed E-state index contributed by atoms with van der Waals surface area (Å²) in [5, 5.41) is 6.75. The Morgan fingerprint density at radius 3 is 1.81 bits per heavy atom. The minimum absolute atomic E-state index is 0.0579. The molecular formula is C55H37NO2. The Morgan fingerprint density at radius 1 is 0.397 bits per heavy atom. The normalized spacial score (nSPS) is 13.1.